The first kappa shape index (κ1) is 27.4. The van der Waals surface area contributed by atoms with Gasteiger partial charge in [0.2, 0.25) is 0 Å². The fraction of sp³-hybridized carbons (Fsp3) is 0.464. The van der Waals surface area contributed by atoms with Crippen molar-refractivity contribution in [3.8, 4) is 0 Å². The van der Waals surface area contributed by atoms with Crippen LogP contribution in [0.25, 0.3) is 10.9 Å². The van der Waals surface area contributed by atoms with Gasteiger partial charge in [-0.15, -0.1) is 13.2 Å². The molecule has 6 heteroatoms. The first-order valence-electron chi connectivity index (χ1n) is 12.4. The number of hydrogen-bond donors (Lipinski definition) is 1. The van der Waals surface area contributed by atoms with E-state index < -0.39 is 0 Å². The molecule has 0 saturated heterocycles. The Morgan fingerprint density at radius 3 is 2.59 bits per heavy atom. The molecule has 1 aliphatic carbocycles. The number of carbonyl (C=O) groups excluding carboxylic acids is 1. The highest BCUT2D eigenvalue weighted by Gasteiger charge is 2.19. The van der Waals surface area contributed by atoms with Gasteiger partial charge >= 0.3 is 0 Å². The number of aromatic nitrogens is 3. The van der Waals surface area contributed by atoms with Gasteiger partial charge < -0.3 is 5.73 Å². The predicted octanol–water partition coefficient (Wildman–Crippen LogP) is 5.40. The predicted molar refractivity (Wildman–Crippen MR) is 142 cm³/mol. The average molecular weight is 464 g/mol. The SMILES string of the molecule is C=C.CN.Cc1cc2n(n1)CCN(CCC1CCCCC1)C2.O=Cc1cccc2ncccc12. The quantitative estimate of drug-likeness (QED) is 0.414. The number of benzene rings is 1. The summed E-state index contributed by atoms with van der Waals surface area (Å²) in [5, 5.41) is 5.44. The molecule has 2 aromatic heterocycles. The molecule has 5 rings (SSSR count). The monoisotopic (exact) mass is 463 g/mol. The van der Waals surface area contributed by atoms with Crippen LogP contribution in [-0.4, -0.2) is 46.1 Å². The smallest absolute Gasteiger partial charge is 0.150 e. The van der Waals surface area contributed by atoms with Crippen molar-refractivity contribution in [2.24, 2.45) is 11.7 Å². The molecule has 34 heavy (non-hydrogen) atoms. The minimum Gasteiger partial charge on any atom is -0.333 e. The van der Waals surface area contributed by atoms with Crippen molar-refractivity contribution in [3.05, 3.63) is 72.7 Å². The van der Waals surface area contributed by atoms with Crippen LogP contribution >= 0.6 is 0 Å². The third-order valence-corrected chi connectivity index (χ3v) is 6.38. The van der Waals surface area contributed by atoms with E-state index in [0.717, 1.165) is 36.2 Å². The van der Waals surface area contributed by atoms with Crippen molar-refractivity contribution in [2.75, 3.05) is 20.1 Å². The van der Waals surface area contributed by atoms with E-state index >= 15 is 0 Å². The molecular weight excluding hydrogens is 422 g/mol. The highest BCUT2D eigenvalue weighted by molar-refractivity contribution is 5.96. The van der Waals surface area contributed by atoms with Crippen LogP contribution in [0.1, 0.15) is 60.3 Å². The van der Waals surface area contributed by atoms with Crippen molar-refractivity contribution in [2.45, 2.75) is 58.5 Å². The fourth-order valence-electron chi connectivity index (χ4n) is 4.73. The summed E-state index contributed by atoms with van der Waals surface area (Å²) in [6.45, 7) is 12.7. The van der Waals surface area contributed by atoms with Crippen LogP contribution in [0.3, 0.4) is 0 Å². The topological polar surface area (TPSA) is 77.0 Å². The standard InChI is InChI=1S/C15H25N3.C10H7NO.C2H4.CH5N/c1-13-11-15-12-17(9-10-18(15)16-13)8-7-14-5-3-2-4-6-14;12-7-8-3-1-5-10-9(8)4-2-6-11-10;2*1-2/h11,14H,2-10,12H2,1H3;1-7H;1-2H2;2H2,1H3. The molecule has 184 valence electrons. The largest absolute Gasteiger partial charge is 0.333 e. The maximum absolute atomic E-state index is 10.6. The Bertz CT molecular complexity index is 988. The molecule has 0 bridgehead atoms. The lowest BCUT2D eigenvalue weighted by Crippen LogP contribution is -2.35. The Morgan fingerprint density at radius 2 is 1.85 bits per heavy atom. The van der Waals surface area contributed by atoms with Gasteiger partial charge in [0.15, 0.2) is 6.29 Å². The molecule has 1 saturated carbocycles. The zero-order chi connectivity index (χ0) is 24.8. The van der Waals surface area contributed by atoms with E-state index in [-0.39, 0.29) is 0 Å². The van der Waals surface area contributed by atoms with Crippen LogP contribution in [0.2, 0.25) is 0 Å². The van der Waals surface area contributed by atoms with Gasteiger partial charge in [-0.2, -0.15) is 5.10 Å². The number of nitrogens with zero attached hydrogens (tertiary/aromatic N) is 4. The zero-order valence-electron chi connectivity index (χ0n) is 21.0. The summed E-state index contributed by atoms with van der Waals surface area (Å²) < 4.78 is 2.19. The minimum atomic E-state index is 0.695. The van der Waals surface area contributed by atoms with Gasteiger partial charge in [0.25, 0.3) is 0 Å². The zero-order valence-corrected chi connectivity index (χ0v) is 21.0. The van der Waals surface area contributed by atoms with E-state index in [1.807, 2.05) is 24.3 Å². The van der Waals surface area contributed by atoms with Gasteiger partial charge in [-0.05, 0) is 51.1 Å². The van der Waals surface area contributed by atoms with Gasteiger partial charge in [-0.3, -0.25) is 19.4 Å². The molecule has 1 aromatic carbocycles. The first-order valence-corrected chi connectivity index (χ1v) is 12.4. The van der Waals surface area contributed by atoms with Crippen molar-refractivity contribution in [3.63, 3.8) is 0 Å². The molecule has 0 radical (unpaired) electrons. The van der Waals surface area contributed by atoms with Crippen molar-refractivity contribution in [1.29, 1.82) is 0 Å². The summed E-state index contributed by atoms with van der Waals surface area (Å²) in [7, 11) is 1.50. The summed E-state index contributed by atoms with van der Waals surface area (Å²) in [5.74, 6) is 1.01. The Kier molecular flexibility index (Phi) is 12.2. The molecule has 3 heterocycles. The summed E-state index contributed by atoms with van der Waals surface area (Å²) in [4.78, 5) is 17.3. The van der Waals surface area contributed by atoms with Crippen molar-refractivity contribution < 1.29 is 4.79 Å². The molecule has 0 unspecified atom stereocenters. The lowest BCUT2D eigenvalue weighted by atomic mass is 9.87. The number of pyridine rings is 1. The maximum Gasteiger partial charge on any atom is 0.150 e. The maximum atomic E-state index is 10.6. The Morgan fingerprint density at radius 1 is 1.09 bits per heavy atom. The number of rotatable bonds is 4. The van der Waals surface area contributed by atoms with Crippen molar-refractivity contribution >= 4 is 17.2 Å². The molecule has 6 nitrogen and oxygen atoms in total. The second-order valence-corrected chi connectivity index (χ2v) is 8.60. The molecule has 2 aliphatic rings. The van der Waals surface area contributed by atoms with Crippen LogP contribution in [-0.2, 0) is 13.1 Å². The van der Waals surface area contributed by atoms with E-state index in [9.17, 15) is 4.79 Å². The van der Waals surface area contributed by atoms with E-state index in [4.69, 9.17) is 0 Å². The van der Waals surface area contributed by atoms with E-state index in [1.54, 1.807) is 12.3 Å². The summed E-state index contributed by atoms with van der Waals surface area (Å²) >= 11 is 0. The molecule has 1 fully saturated rings. The minimum absolute atomic E-state index is 0.695. The third-order valence-electron chi connectivity index (χ3n) is 6.38. The fourth-order valence-corrected chi connectivity index (χ4v) is 4.73. The highest BCUT2D eigenvalue weighted by Crippen LogP contribution is 2.27. The number of aldehydes is 1. The summed E-state index contributed by atoms with van der Waals surface area (Å²) in [6, 6.07) is 11.5. The van der Waals surface area contributed by atoms with Gasteiger partial charge in [0.1, 0.15) is 0 Å². The lowest BCUT2D eigenvalue weighted by Gasteiger charge is -2.30. The van der Waals surface area contributed by atoms with Crippen molar-refractivity contribution in [1.82, 2.24) is 19.7 Å². The molecule has 3 aromatic rings. The second-order valence-electron chi connectivity index (χ2n) is 8.60. The Labute approximate surface area is 204 Å². The van der Waals surface area contributed by atoms with Crippen LogP contribution in [0.4, 0.5) is 0 Å². The molecule has 2 N–H and O–H groups in total. The van der Waals surface area contributed by atoms with Gasteiger partial charge in [-0.1, -0.05) is 50.3 Å². The normalized spacial score (nSPS) is 15.5. The lowest BCUT2D eigenvalue weighted by molar-refractivity contribution is 0.112. The van der Waals surface area contributed by atoms with Gasteiger partial charge in [0.05, 0.1) is 23.4 Å². The first-order chi connectivity index (χ1) is 16.7. The molecule has 0 spiro atoms. The van der Waals surface area contributed by atoms with E-state index in [0.29, 0.717) is 5.56 Å². The summed E-state index contributed by atoms with van der Waals surface area (Å²) in [6.07, 6.45) is 11.3. The van der Waals surface area contributed by atoms with Gasteiger partial charge in [0, 0.05) is 30.2 Å². The number of nitrogens with two attached hydrogens (primary N) is 1. The second kappa shape index (κ2) is 15.1. The molecule has 0 atom stereocenters. The van der Waals surface area contributed by atoms with Crippen LogP contribution in [0.15, 0.2) is 55.8 Å². The van der Waals surface area contributed by atoms with Crippen LogP contribution in [0, 0.1) is 12.8 Å². The average Bonchev–Trinajstić information content (AvgIpc) is 3.29. The third kappa shape index (κ3) is 7.89. The number of aryl methyl sites for hydroxylation is 1. The molecular formula is C28H41N5O. The number of carbonyl (C=O) groups is 1. The van der Waals surface area contributed by atoms with Crippen LogP contribution in [0.5, 0.6) is 0 Å². The molecule has 1 aliphatic heterocycles. The summed E-state index contributed by atoms with van der Waals surface area (Å²) in [5.41, 5.74) is 8.63. The van der Waals surface area contributed by atoms with Crippen LogP contribution < -0.4 is 5.73 Å². The Balaban J connectivity index is 0.000000222. The number of hydrogen-bond acceptors (Lipinski definition) is 5. The van der Waals surface area contributed by atoms with Gasteiger partial charge in [-0.25, -0.2) is 0 Å². The number of fused-ring (bicyclic) bond motifs is 2. The molecule has 0 amide bonds. The van der Waals surface area contributed by atoms with E-state index in [2.05, 4.69) is 51.5 Å². The Hall–Kier alpha value is -2.83. The van der Waals surface area contributed by atoms with E-state index in [1.165, 1.54) is 70.0 Å². The highest BCUT2D eigenvalue weighted by atomic mass is 16.1.